The quantitative estimate of drug-likeness (QED) is 0.684. The third-order valence-electron chi connectivity index (χ3n) is 2.40. The van der Waals surface area contributed by atoms with Gasteiger partial charge in [-0.3, -0.25) is 4.98 Å². The fourth-order valence-electron chi connectivity index (χ4n) is 1.38. The summed E-state index contributed by atoms with van der Waals surface area (Å²) in [6, 6.07) is 4.20. The van der Waals surface area contributed by atoms with Crippen LogP contribution in [-0.4, -0.2) is 21.2 Å². The SMILES string of the molecule is CC(O)(C(=O)O)c1ccc2oc(=O)[nH]c2c1. The number of hydrogen-bond acceptors (Lipinski definition) is 4. The predicted molar refractivity (Wildman–Crippen MR) is 54.0 cm³/mol. The largest absolute Gasteiger partial charge is 0.479 e. The Morgan fingerprint density at radius 1 is 1.50 bits per heavy atom. The van der Waals surface area contributed by atoms with Crippen LogP contribution in [0.1, 0.15) is 12.5 Å². The molecule has 2 aromatic rings. The number of oxazole rings is 1. The number of carboxylic acid groups (broad SMARTS) is 1. The molecule has 0 saturated heterocycles. The molecular formula is C10H9NO5. The van der Waals surface area contributed by atoms with Crippen molar-refractivity contribution >= 4 is 17.1 Å². The first-order valence-corrected chi connectivity index (χ1v) is 4.50. The molecule has 1 aromatic heterocycles. The number of hydrogen-bond donors (Lipinski definition) is 3. The molecule has 0 aliphatic carbocycles. The van der Waals surface area contributed by atoms with Gasteiger partial charge in [0.1, 0.15) is 0 Å². The van der Waals surface area contributed by atoms with Crippen LogP contribution in [0.3, 0.4) is 0 Å². The van der Waals surface area contributed by atoms with Crippen molar-refractivity contribution in [1.29, 1.82) is 0 Å². The summed E-state index contributed by atoms with van der Waals surface area (Å²) in [5, 5.41) is 18.5. The second-order valence-corrected chi connectivity index (χ2v) is 3.60. The maximum absolute atomic E-state index is 10.9. The van der Waals surface area contributed by atoms with Crippen molar-refractivity contribution in [3.05, 3.63) is 34.3 Å². The van der Waals surface area contributed by atoms with Gasteiger partial charge in [0.25, 0.3) is 0 Å². The second kappa shape index (κ2) is 3.21. The number of fused-ring (bicyclic) bond motifs is 1. The molecule has 0 aliphatic heterocycles. The second-order valence-electron chi connectivity index (χ2n) is 3.60. The Hall–Kier alpha value is -2.08. The molecule has 0 bridgehead atoms. The molecule has 1 atom stereocenters. The first-order valence-electron chi connectivity index (χ1n) is 4.50. The molecule has 16 heavy (non-hydrogen) atoms. The Morgan fingerprint density at radius 3 is 2.81 bits per heavy atom. The number of aliphatic carboxylic acids is 1. The zero-order valence-corrected chi connectivity index (χ0v) is 8.35. The standard InChI is InChI=1S/C10H9NO5/c1-10(15,8(12)13)5-2-3-7-6(4-5)11-9(14)16-7/h2-4,15H,1H3,(H,11,14)(H,12,13). The minimum atomic E-state index is -2.00. The molecule has 1 unspecified atom stereocenters. The number of nitrogens with one attached hydrogen (secondary N) is 1. The van der Waals surface area contributed by atoms with Gasteiger partial charge in [0.15, 0.2) is 11.2 Å². The van der Waals surface area contributed by atoms with Crippen LogP contribution in [0.4, 0.5) is 0 Å². The number of carbonyl (C=O) groups is 1. The van der Waals surface area contributed by atoms with E-state index in [1.165, 1.54) is 18.2 Å². The molecule has 0 aliphatic rings. The molecule has 0 saturated carbocycles. The minimum Gasteiger partial charge on any atom is -0.479 e. The van der Waals surface area contributed by atoms with E-state index in [1.807, 2.05) is 0 Å². The van der Waals surface area contributed by atoms with E-state index in [9.17, 15) is 14.7 Å². The van der Waals surface area contributed by atoms with Crippen LogP contribution < -0.4 is 5.76 Å². The Morgan fingerprint density at radius 2 is 2.19 bits per heavy atom. The fraction of sp³-hybridized carbons (Fsp3) is 0.200. The van der Waals surface area contributed by atoms with Gasteiger partial charge in [0.05, 0.1) is 5.52 Å². The van der Waals surface area contributed by atoms with Crippen molar-refractivity contribution in [2.24, 2.45) is 0 Å². The molecule has 0 amide bonds. The molecule has 0 radical (unpaired) electrons. The van der Waals surface area contributed by atoms with E-state index >= 15 is 0 Å². The highest BCUT2D eigenvalue weighted by atomic mass is 16.4. The van der Waals surface area contributed by atoms with Gasteiger partial charge >= 0.3 is 11.7 Å². The molecule has 1 heterocycles. The molecule has 0 spiro atoms. The normalized spacial score (nSPS) is 14.9. The van der Waals surface area contributed by atoms with E-state index in [1.54, 1.807) is 0 Å². The van der Waals surface area contributed by atoms with Crippen molar-refractivity contribution < 1.29 is 19.4 Å². The zero-order valence-electron chi connectivity index (χ0n) is 8.35. The lowest BCUT2D eigenvalue weighted by molar-refractivity contribution is -0.157. The third-order valence-corrected chi connectivity index (χ3v) is 2.40. The molecule has 6 nitrogen and oxygen atoms in total. The lowest BCUT2D eigenvalue weighted by Crippen LogP contribution is -2.31. The summed E-state index contributed by atoms with van der Waals surface area (Å²) < 4.78 is 4.76. The lowest BCUT2D eigenvalue weighted by Gasteiger charge is -2.17. The fourth-order valence-corrected chi connectivity index (χ4v) is 1.38. The van der Waals surface area contributed by atoms with E-state index in [0.717, 1.165) is 6.92 Å². The van der Waals surface area contributed by atoms with E-state index in [-0.39, 0.29) is 5.56 Å². The van der Waals surface area contributed by atoms with Crippen molar-refractivity contribution in [3.63, 3.8) is 0 Å². The van der Waals surface area contributed by atoms with E-state index in [2.05, 4.69) is 4.98 Å². The van der Waals surface area contributed by atoms with Gasteiger partial charge in [-0.25, -0.2) is 9.59 Å². The van der Waals surface area contributed by atoms with E-state index in [0.29, 0.717) is 11.1 Å². The molecular weight excluding hydrogens is 214 g/mol. The van der Waals surface area contributed by atoms with Gasteiger partial charge in [-0.05, 0) is 24.6 Å². The molecule has 6 heteroatoms. The highest BCUT2D eigenvalue weighted by Gasteiger charge is 2.32. The van der Waals surface area contributed by atoms with Gasteiger partial charge in [0.2, 0.25) is 0 Å². The number of aromatic amines is 1. The number of benzene rings is 1. The van der Waals surface area contributed by atoms with E-state index < -0.39 is 17.3 Å². The van der Waals surface area contributed by atoms with Crippen LogP contribution >= 0.6 is 0 Å². The Kier molecular flexibility index (Phi) is 2.09. The Bertz CT molecular complexity index is 607. The number of H-pyrrole nitrogens is 1. The monoisotopic (exact) mass is 223 g/mol. The van der Waals surface area contributed by atoms with E-state index in [4.69, 9.17) is 9.52 Å². The Labute approximate surface area is 89.1 Å². The summed E-state index contributed by atoms with van der Waals surface area (Å²) in [6.07, 6.45) is 0. The summed E-state index contributed by atoms with van der Waals surface area (Å²) in [5.74, 6) is -1.99. The lowest BCUT2D eigenvalue weighted by atomic mass is 9.96. The number of aromatic nitrogens is 1. The summed E-state index contributed by atoms with van der Waals surface area (Å²) in [5.41, 5.74) is -1.16. The molecule has 3 N–H and O–H groups in total. The maximum Gasteiger partial charge on any atom is 0.417 e. The van der Waals surface area contributed by atoms with Gasteiger partial charge in [-0.1, -0.05) is 6.07 Å². The van der Waals surface area contributed by atoms with Gasteiger partial charge < -0.3 is 14.6 Å². The van der Waals surface area contributed by atoms with Gasteiger partial charge in [0, 0.05) is 0 Å². The summed E-state index contributed by atoms with van der Waals surface area (Å²) in [7, 11) is 0. The van der Waals surface area contributed by atoms with Crippen LogP contribution in [-0.2, 0) is 10.4 Å². The smallest absolute Gasteiger partial charge is 0.417 e. The first kappa shape index (κ1) is 10.4. The minimum absolute atomic E-state index is 0.171. The van der Waals surface area contributed by atoms with Crippen LogP contribution in [0.15, 0.2) is 27.4 Å². The number of aliphatic hydroxyl groups is 1. The third kappa shape index (κ3) is 1.49. The van der Waals surface area contributed by atoms with Gasteiger partial charge in [-0.2, -0.15) is 0 Å². The van der Waals surface area contributed by atoms with Crippen LogP contribution in [0.2, 0.25) is 0 Å². The van der Waals surface area contributed by atoms with Crippen molar-refractivity contribution in [3.8, 4) is 0 Å². The van der Waals surface area contributed by atoms with Crippen molar-refractivity contribution in [1.82, 2.24) is 4.98 Å². The van der Waals surface area contributed by atoms with Gasteiger partial charge in [-0.15, -0.1) is 0 Å². The maximum atomic E-state index is 10.9. The Balaban J connectivity index is 2.63. The molecule has 2 rings (SSSR count). The molecule has 84 valence electrons. The predicted octanol–water partition coefficient (Wildman–Crippen LogP) is 0.413. The van der Waals surface area contributed by atoms with Crippen LogP contribution in [0.5, 0.6) is 0 Å². The summed E-state index contributed by atoms with van der Waals surface area (Å²) in [6.45, 7) is 1.16. The molecule has 1 aromatic carbocycles. The summed E-state index contributed by atoms with van der Waals surface area (Å²) >= 11 is 0. The van der Waals surface area contributed by atoms with Crippen LogP contribution in [0.25, 0.3) is 11.1 Å². The number of rotatable bonds is 2. The highest BCUT2D eigenvalue weighted by molar-refractivity contribution is 5.81. The highest BCUT2D eigenvalue weighted by Crippen LogP contribution is 2.23. The molecule has 0 fully saturated rings. The summed E-state index contributed by atoms with van der Waals surface area (Å²) in [4.78, 5) is 24.1. The first-order chi connectivity index (χ1) is 7.41. The van der Waals surface area contributed by atoms with Crippen molar-refractivity contribution in [2.45, 2.75) is 12.5 Å². The van der Waals surface area contributed by atoms with Crippen LogP contribution in [0, 0.1) is 0 Å². The number of carboxylic acids is 1. The average molecular weight is 223 g/mol. The average Bonchev–Trinajstić information content (AvgIpc) is 2.56. The van der Waals surface area contributed by atoms with Crippen molar-refractivity contribution in [2.75, 3.05) is 0 Å². The zero-order chi connectivity index (χ0) is 11.9. The topological polar surface area (TPSA) is 104 Å².